The Morgan fingerprint density at radius 2 is 2.25 bits per heavy atom. The Morgan fingerprint density at radius 3 is 2.50 bits per heavy atom. The minimum atomic E-state index is -0.522. The second kappa shape index (κ2) is 3.20. The molecule has 1 rings (SSSR count). The number of aliphatic hydroxyl groups is 1. The first-order valence-electron chi connectivity index (χ1n) is 3.63. The van der Waals surface area contributed by atoms with E-state index in [1.165, 1.54) is 0 Å². The van der Waals surface area contributed by atoms with Gasteiger partial charge in [0.2, 0.25) is 0 Å². The van der Waals surface area contributed by atoms with Crippen molar-refractivity contribution < 1.29 is 9.52 Å². The van der Waals surface area contributed by atoms with Crippen LogP contribution in [0.15, 0.2) is 15.0 Å². The molecule has 0 spiro atoms. The smallest absolute Gasteiger partial charge is 0.137 e. The molecule has 0 fully saturated rings. The van der Waals surface area contributed by atoms with E-state index >= 15 is 0 Å². The highest BCUT2D eigenvalue weighted by atomic mass is 79.9. The fourth-order valence-corrected chi connectivity index (χ4v) is 1.78. The standard InChI is InChI=1S/C8H12BrNO2/c1-8(2,10)7-6(9)3-5(4-11)12-7/h3,11H,4,10H2,1-2H3. The molecular weight excluding hydrogens is 222 g/mol. The second-order valence-corrected chi connectivity index (χ2v) is 4.12. The van der Waals surface area contributed by atoms with E-state index in [-0.39, 0.29) is 6.61 Å². The third kappa shape index (κ3) is 1.88. The fourth-order valence-electron chi connectivity index (χ4n) is 0.933. The van der Waals surface area contributed by atoms with Gasteiger partial charge in [-0.1, -0.05) is 0 Å². The maximum absolute atomic E-state index is 8.79. The van der Waals surface area contributed by atoms with Crippen LogP contribution in [0.2, 0.25) is 0 Å². The van der Waals surface area contributed by atoms with Crippen LogP contribution in [-0.4, -0.2) is 5.11 Å². The molecule has 12 heavy (non-hydrogen) atoms. The average molecular weight is 234 g/mol. The number of hydrogen-bond acceptors (Lipinski definition) is 3. The Labute approximate surface area is 79.7 Å². The topological polar surface area (TPSA) is 59.4 Å². The molecule has 0 saturated carbocycles. The first-order chi connectivity index (χ1) is 5.45. The SMILES string of the molecule is CC(C)(N)c1oc(CO)cc1Br. The zero-order valence-electron chi connectivity index (χ0n) is 7.10. The molecule has 0 radical (unpaired) electrons. The van der Waals surface area contributed by atoms with E-state index in [1.54, 1.807) is 6.07 Å². The van der Waals surface area contributed by atoms with Crippen LogP contribution in [0, 0.1) is 0 Å². The number of halogens is 1. The molecule has 0 amide bonds. The van der Waals surface area contributed by atoms with Crippen LogP contribution >= 0.6 is 15.9 Å². The lowest BCUT2D eigenvalue weighted by atomic mass is 10.0. The number of hydrogen-bond donors (Lipinski definition) is 2. The summed E-state index contributed by atoms with van der Waals surface area (Å²) in [5.74, 6) is 1.18. The molecule has 0 aliphatic heterocycles. The molecule has 1 aromatic rings. The van der Waals surface area contributed by atoms with Crippen LogP contribution in [0.3, 0.4) is 0 Å². The zero-order chi connectivity index (χ0) is 9.35. The molecule has 3 nitrogen and oxygen atoms in total. The second-order valence-electron chi connectivity index (χ2n) is 3.27. The molecule has 1 heterocycles. The highest BCUT2D eigenvalue weighted by Crippen LogP contribution is 2.29. The Balaban J connectivity index is 3.08. The Bertz CT molecular complexity index is 275. The Morgan fingerprint density at radius 1 is 1.67 bits per heavy atom. The van der Waals surface area contributed by atoms with E-state index in [2.05, 4.69) is 15.9 Å². The van der Waals surface area contributed by atoms with Crippen molar-refractivity contribution in [2.24, 2.45) is 5.73 Å². The summed E-state index contributed by atoms with van der Waals surface area (Å²) >= 11 is 3.31. The lowest BCUT2D eigenvalue weighted by Crippen LogP contribution is -2.28. The monoisotopic (exact) mass is 233 g/mol. The van der Waals surface area contributed by atoms with E-state index in [0.717, 1.165) is 4.47 Å². The summed E-state index contributed by atoms with van der Waals surface area (Å²) in [6.45, 7) is 3.59. The van der Waals surface area contributed by atoms with Gasteiger partial charge in [-0.15, -0.1) is 0 Å². The normalized spacial score (nSPS) is 12.1. The maximum Gasteiger partial charge on any atom is 0.137 e. The summed E-state index contributed by atoms with van der Waals surface area (Å²) in [4.78, 5) is 0. The van der Waals surface area contributed by atoms with Gasteiger partial charge in [-0.25, -0.2) is 0 Å². The van der Waals surface area contributed by atoms with Crippen LogP contribution in [0.25, 0.3) is 0 Å². The van der Waals surface area contributed by atoms with E-state index in [0.29, 0.717) is 11.5 Å². The van der Waals surface area contributed by atoms with E-state index in [1.807, 2.05) is 13.8 Å². The fraction of sp³-hybridized carbons (Fsp3) is 0.500. The number of nitrogens with two attached hydrogens (primary N) is 1. The molecule has 0 aromatic carbocycles. The van der Waals surface area contributed by atoms with E-state index in [4.69, 9.17) is 15.3 Å². The minimum Gasteiger partial charge on any atom is -0.460 e. The molecule has 0 atom stereocenters. The first-order valence-corrected chi connectivity index (χ1v) is 4.43. The van der Waals surface area contributed by atoms with Crippen molar-refractivity contribution in [3.8, 4) is 0 Å². The highest BCUT2D eigenvalue weighted by molar-refractivity contribution is 9.10. The van der Waals surface area contributed by atoms with Gasteiger partial charge in [-0.2, -0.15) is 0 Å². The molecule has 68 valence electrons. The van der Waals surface area contributed by atoms with E-state index in [9.17, 15) is 0 Å². The minimum absolute atomic E-state index is 0.103. The van der Waals surface area contributed by atoms with Crippen molar-refractivity contribution in [3.05, 3.63) is 22.1 Å². The quantitative estimate of drug-likeness (QED) is 0.819. The molecule has 0 unspecified atom stereocenters. The van der Waals surface area contributed by atoms with Gasteiger partial charge in [0.25, 0.3) is 0 Å². The van der Waals surface area contributed by atoms with Gasteiger partial charge < -0.3 is 15.3 Å². The first kappa shape index (κ1) is 9.77. The highest BCUT2D eigenvalue weighted by Gasteiger charge is 2.22. The molecule has 0 aliphatic carbocycles. The molecule has 0 aliphatic rings. The summed E-state index contributed by atoms with van der Waals surface area (Å²) in [6, 6.07) is 1.73. The van der Waals surface area contributed by atoms with Crippen molar-refractivity contribution >= 4 is 15.9 Å². The number of aliphatic hydroxyl groups excluding tert-OH is 1. The lowest BCUT2D eigenvalue weighted by Gasteiger charge is -2.15. The third-order valence-corrected chi connectivity index (χ3v) is 2.07. The molecule has 1 aromatic heterocycles. The van der Waals surface area contributed by atoms with E-state index < -0.39 is 5.54 Å². The van der Waals surface area contributed by atoms with Crippen molar-refractivity contribution in [2.45, 2.75) is 26.0 Å². The predicted molar refractivity (Wildman–Crippen MR) is 49.5 cm³/mol. The van der Waals surface area contributed by atoms with Crippen molar-refractivity contribution in [3.63, 3.8) is 0 Å². The van der Waals surface area contributed by atoms with Crippen LogP contribution in [0.4, 0.5) is 0 Å². The van der Waals surface area contributed by atoms with Gasteiger partial charge in [-0.3, -0.25) is 0 Å². The molecule has 0 saturated heterocycles. The maximum atomic E-state index is 8.79. The van der Waals surface area contributed by atoms with Gasteiger partial charge in [0.1, 0.15) is 18.1 Å². The Kier molecular flexibility index (Phi) is 2.61. The van der Waals surface area contributed by atoms with Crippen molar-refractivity contribution in [1.29, 1.82) is 0 Å². The molecule has 3 N–H and O–H groups in total. The zero-order valence-corrected chi connectivity index (χ0v) is 8.68. The summed E-state index contributed by atoms with van der Waals surface area (Å²) in [6.07, 6.45) is 0. The lowest BCUT2D eigenvalue weighted by molar-refractivity contribution is 0.236. The van der Waals surface area contributed by atoms with Crippen LogP contribution in [0.1, 0.15) is 25.4 Å². The van der Waals surface area contributed by atoms with Crippen molar-refractivity contribution in [2.75, 3.05) is 0 Å². The van der Waals surface area contributed by atoms with Gasteiger partial charge in [0, 0.05) is 0 Å². The molecule has 0 bridgehead atoms. The summed E-state index contributed by atoms with van der Waals surface area (Å²) < 4.78 is 6.11. The largest absolute Gasteiger partial charge is 0.460 e. The van der Waals surface area contributed by atoms with Gasteiger partial charge in [-0.05, 0) is 35.8 Å². The summed E-state index contributed by atoms with van der Waals surface area (Å²) in [5, 5.41) is 8.79. The number of rotatable bonds is 2. The van der Waals surface area contributed by atoms with Crippen LogP contribution in [0.5, 0.6) is 0 Å². The van der Waals surface area contributed by atoms with Crippen LogP contribution in [-0.2, 0) is 12.1 Å². The summed E-state index contributed by atoms with van der Waals surface area (Å²) in [7, 11) is 0. The third-order valence-electron chi connectivity index (χ3n) is 1.48. The predicted octanol–water partition coefficient (Wildman–Crippen LogP) is 1.73. The van der Waals surface area contributed by atoms with Crippen molar-refractivity contribution in [1.82, 2.24) is 0 Å². The summed E-state index contributed by atoms with van der Waals surface area (Å²) in [5.41, 5.74) is 5.30. The van der Waals surface area contributed by atoms with Gasteiger partial charge in [0.05, 0.1) is 10.0 Å². The van der Waals surface area contributed by atoms with Gasteiger partial charge >= 0.3 is 0 Å². The molecule has 4 heteroatoms. The van der Waals surface area contributed by atoms with Crippen LogP contribution < -0.4 is 5.73 Å². The Hall–Kier alpha value is -0.320. The average Bonchev–Trinajstić information content (AvgIpc) is 2.29. The number of furan rings is 1. The molecular formula is C8H12BrNO2. The van der Waals surface area contributed by atoms with Gasteiger partial charge in [0.15, 0.2) is 0 Å².